The van der Waals surface area contributed by atoms with Crippen molar-refractivity contribution in [2.45, 2.75) is 12.1 Å². The first kappa shape index (κ1) is 17.2. The lowest BCUT2D eigenvalue weighted by atomic mass is 9.86. The Morgan fingerprint density at radius 3 is 2.73 bits per heavy atom. The van der Waals surface area contributed by atoms with Crippen LogP contribution in [0, 0.1) is 0 Å². The Bertz CT molecular complexity index is 1250. The number of anilines is 1. The summed E-state index contributed by atoms with van der Waals surface area (Å²) in [6.45, 7) is 0. The Kier molecular flexibility index (Phi) is 3.85. The molecule has 0 radical (unpaired) electrons. The van der Waals surface area contributed by atoms with Gasteiger partial charge >= 0.3 is 0 Å². The number of nitrogens with zero attached hydrogens (tertiary/aromatic N) is 4. The summed E-state index contributed by atoms with van der Waals surface area (Å²) < 4.78 is 13.7. The van der Waals surface area contributed by atoms with Gasteiger partial charge in [0.2, 0.25) is 5.95 Å². The second-order valence-electron chi connectivity index (χ2n) is 7.09. The van der Waals surface area contributed by atoms with Crippen molar-refractivity contribution in [2.24, 2.45) is 0 Å². The third kappa shape index (κ3) is 2.54. The lowest BCUT2D eigenvalue weighted by Gasteiger charge is -2.38. The number of benzene rings is 2. The number of para-hydroxylation sites is 1. The number of nitrogens with one attached hydrogen (secondary N) is 1. The maximum Gasteiger partial charge on any atom is 0.248 e. The van der Waals surface area contributed by atoms with Crippen LogP contribution >= 0.6 is 11.3 Å². The summed E-state index contributed by atoms with van der Waals surface area (Å²) in [5.41, 5.74) is 4.15. The summed E-state index contributed by atoms with van der Waals surface area (Å²) in [6.07, 6.45) is -0.244. The van der Waals surface area contributed by atoms with E-state index in [1.807, 2.05) is 41.1 Å². The van der Waals surface area contributed by atoms with Crippen molar-refractivity contribution in [2.75, 3.05) is 12.4 Å². The molecule has 6 rings (SSSR count). The Morgan fingerprint density at radius 1 is 1.07 bits per heavy atom. The normalized spacial score (nSPS) is 19.2. The third-order valence-corrected chi connectivity index (χ3v) is 6.39. The highest BCUT2D eigenvalue weighted by Gasteiger charge is 2.41. The fourth-order valence-electron chi connectivity index (χ4n) is 4.12. The Labute approximate surface area is 176 Å². The van der Waals surface area contributed by atoms with Crippen molar-refractivity contribution in [3.63, 3.8) is 0 Å². The van der Waals surface area contributed by atoms with Gasteiger partial charge in [0.05, 0.1) is 12.8 Å². The molecule has 2 aromatic carbocycles. The highest BCUT2D eigenvalue weighted by atomic mass is 32.1. The molecule has 30 heavy (non-hydrogen) atoms. The standard InChI is InChI=1S/C22H17N5O2S/c1-28-14-10-8-13(9-11-14)20-18-19(23-22-24-25-26-27(20)22)15-5-2-3-6-16(15)29-21(18)17-7-4-12-30-17/h2-12,20-21H,1H3,(H,23,24,26)/t20-,21+/m0/s1. The number of methoxy groups -OCH3 is 1. The van der Waals surface area contributed by atoms with Crippen LogP contribution in [0.1, 0.15) is 28.1 Å². The van der Waals surface area contributed by atoms with Crippen molar-refractivity contribution in [3.8, 4) is 11.5 Å². The predicted octanol–water partition coefficient (Wildman–Crippen LogP) is 4.30. The van der Waals surface area contributed by atoms with Crippen LogP contribution in [0.4, 0.5) is 5.95 Å². The second kappa shape index (κ2) is 6.70. The zero-order chi connectivity index (χ0) is 20.1. The van der Waals surface area contributed by atoms with Crippen molar-refractivity contribution in [1.29, 1.82) is 0 Å². The quantitative estimate of drug-likeness (QED) is 0.538. The molecule has 1 N–H and O–H groups in total. The molecule has 8 heteroatoms. The molecule has 2 aromatic heterocycles. The number of fused-ring (bicyclic) bond motifs is 3. The van der Waals surface area contributed by atoms with Crippen LogP contribution in [-0.2, 0) is 0 Å². The summed E-state index contributed by atoms with van der Waals surface area (Å²) in [7, 11) is 1.67. The molecule has 2 atom stereocenters. The third-order valence-electron chi connectivity index (χ3n) is 5.47. The average molecular weight is 415 g/mol. The highest BCUT2D eigenvalue weighted by Crippen LogP contribution is 2.51. The molecule has 7 nitrogen and oxygen atoms in total. The molecule has 0 saturated carbocycles. The fraction of sp³-hybridized carbons (Fsp3) is 0.136. The van der Waals surface area contributed by atoms with Gasteiger partial charge in [-0.1, -0.05) is 35.4 Å². The van der Waals surface area contributed by atoms with E-state index in [9.17, 15) is 0 Å². The minimum atomic E-state index is -0.244. The summed E-state index contributed by atoms with van der Waals surface area (Å²) in [4.78, 5) is 1.13. The smallest absolute Gasteiger partial charge is 0.248 e. The summed E-state index contributed by atoms with van der Waals surface area (Å²) in [6, 6.07) is 20.0. The van der Waals surface area contributed by atoms with E-state index in [4.69, 9.17) is 9.47 Å². The molecule has 0 spiro atoms. The van der Waals surface area contributed by atoms with Gasteiger partial charge in [-0.05, 0) is 51.7 Å². The summed E-state index contributed by atoms with van der Waals surface area (Å²) >= 11 is 1.68. The molecular weight excluding hydrogens is 398 g/mol. The Hall–Kier alpha value is -3.65. The van der Waals surface area contributed by atoms with Gasteiger partial charge in [0.1, 0.15) is 17.5 Å². The zero-order valence-corrected chi connectivity index (χ0v) is 16.8. The number of thiophene rings is 1. The molecule has 0 aliphatic carbocycles. The van der Waals surface area contributed by atoms with E-state index in [0.717, 1.165) is 38.8 Å². The molecule has 0 amide bonds. The molecular formula is C22H17N5O2S. The van der Waals surface area contributed by atoms with Gasteiger partial charge in [-0.25, -0.2) is 0 Å². The van der Waals surface area contributed by atoms with Crippen LogP contribution in [0.25, 0.3) is 5.70 Å². The van der Waals surface area contributed by atoms with Gasteiger partial charge in [0, 0.05) is 16.0 Å². The average Bonchev–Trinajstić information content (AvgIpc) is 3.49. The number of aromatic nitrogens is 4. The van der Waals surface area contributed by atoms with E-state index in [-0.39, 0.29) is 12.1 Å². The first-order chi connectivity index (χ1) is 14.8. The number of ether oxygens (including phenoxy) is 2. The van der Waals surface area contributed by atoms with Crippen LogP contribution < -0.4 is 14.8 Å². The van der Waals surface area contributed by atoms with Crippen LogP contribution in [0.5, 0.6) is 11.5 Å². The van der Waals surface area contributed by atoms with Gasteiger partial charge in [-0.15, -0.1) is 11.3 Å². The van der Waals surface area contributed by atoms with Gasteiger partial charge in [-0.3, -0.25) is 0 Å². The fourth-order valence-corrected chi connectivity index (χ4v) is 4.89. The molecule has 148 valence electrons. The number of tetrazole rings is 1. The molecule has 2 aliphatic rings. The van der Waals surface area contributed by atoms with Gasteiger partial charge in [-0.2, -0.15) is 4.68 Å². The lowest BCUT2D eigenvalue weighted by Crippen LogP contribution is -2.32. The van der Waals surface area contributed by atoms with E-state index >= 15 is 0 Å². The molecule has 0 unspecified atom stereocenters. The SMILES string of the molecule is COc1ccc([C@H]2C3=C(Nc4nnnn42)c2ccccc2O[C@@H]3c2cccs2)cc1. The zero-order valence-electron chi connectivity index (χ0n) is 16.0. The first-order valence-corrected chi connectivity index (χ1v) is 10.4. The van der Waals surface area contributed by atoms with E-state index in [1.165, 1.54) is 0 Å². The number of rotatable bonds is 3. The van der Waals surface area contributed by atoms with Crippen molar-refractivity contribution >= 4 is 23.0 Å². The summed E-state index contributed by atoms with van der Waals surface area (Å²) in [5, 5.41) is 18.0. The van der Waals surface area contributed by atoms with Crippen molar-refractivity contribution in [3.05, 3.63) is 87.6 Å². The van der Waals surface area contributed by atoms with Crippen molar-refractivity contribution in [1.82, 2.24) is 20.2 Å². The van der Waals surface area contributed by atoms with Crippen LogP contribution in [-0.4, -0.2) is 27.3 Å². The second-order valence-corrected chi connectivity index (χ2v) is 8.07. The van der Waals surface area contributed by atoms with Crippen molar-refractivity contribution < 1.29 is 9.47 Å². The van der Waals surface area contributed by atoms with Crippen LogP contribution in [0.3, 0.4) is 0 Å². The molecule has 0 saturated heterocycles. The molecule has 4 heterocycles. The van der Waals surface area contributed by atoms with Crippen LogP contribution in [0.15, 0.2) is 71.6 Å². The molecule has 4 aromatic rings. The van der Waals surface area contributed by atoms with Gasteiger partial charge < -0.3 is 14.8 Å². The van der Waals surface area contributed by atoms with E-state index in [2.05, 4.69) is 50.5 Å². The maximum atomic E-state index is 6.54. The topological polar surface area (TPSA) is 74.1 Å². The highest BCUT2D eigenvalue weighted by molar-refractivity contribution is 7.10. The lowest BCUT2D eigenvalue weighted by molar-refractivity contribution is 0.226. The first-order valence-electron chi connectivity index (χ1n) is 9.56. The van der Waals surface area contributed by atoms with E-state index < -0.39 is 0 Å². The molecule has 0 bridgehead atoms. The van der Waals surface area contributed by atoms with Gasteiger partial charge in [0.15, 0.2) is 6.10 Å². The van der Waals surface area contributed by atoms with Gasteiger partial charge in [0.25, 0.3) is 0 Å². The number of hydrogen-bond donors (Lipinski definition) is 1. The monoisotopic (exact) mass is 415 g/mol. The predicted molar refractivity (Wildman–Crippen MR) is 114 cm³/mol. The minimum Gasteiger partial charge on any atom is -0.497 e. The molecule has 2 aliphatic heterocycles. The Balaban J connectivity index is 1.61. The summed E-state index contributed by atoms with van der Waals surface area (Å²) in [5.74, 6) is 2.26. The largest absolute Gasteiger partial charge is 0.497 e. The number of hydrogen-bond acceptors (Lipinski definition) is 7. The minimum absolute atomic E-state index is 0.211. The van der Waals surface area contributed by atoms with E-state index in [1.54, 1.807) is 18.4 Å². The Morgan fingerprint density at radius 2 is 1.93 bits per heavy atom. The van der Waals surface area contributed by atoms with Crippen LogP contribution in [0.2, 0.25) is 0 Å². The maximum absolute atomic E-state index is 6.54. The van der Waals surface area contributed by atoms with E-state index in [0.29, 0.717) is 5.95 Å². The molecule has 0 fully saturated rings.